The number of nitrogen functional groups attached to an aromatic ring is 1. The smallest absolute Gasteiger partial charge is 0.418 e. The summed E-state index contributed by atoms with van der Waals surface area (Å²) in [4.78, 5) is 3.53. The van der Waals surface area contributed by atoms with Gasteiger partial charge in [0, 0.05) is 0 Å². The van der Waals surface area contributed by atoms with Crippen LogP contribution in [0.5, 0.6) is 5.75 Å². The van der Waals surface area contributed by atoms with Gasteiger partial charge in [-0.15, -0.1) is 0 Å². The Bertz CT molecular complexity index is 455. The van der Waals surface area contributed by atoms with Crippen molar-refractivity contribution in [3.05, 3.63) is 23.5 Å². The van der Waals surface area contributed by atoms with E-state index in [0.717, 1.165) is 25.1 Å². The Hall–Kier alpha value is -1.79. The lowest BCUT2D eigenvalue weighted by Gasteiger charge is -2.13. The molecule has 0 radical (unpaired) electrons. The summed E-state index contributed by atoms with van der Waals surface area (Å²) in [5, 5.41) is 7.06. The first-order valence-corrected chi connectivity index (χ1v) is 4.96. The summed E-state index contributed by atoms with van der Waals surface area (Å²) in [7, 11) is 0. The van der Waals surface area contributed by atoms with Crippen molar-refractivity contribution in [3.8, 4) is 5.75 Å². The van der Waals surface area contributed by atoms with Gasteiger partial charge in [-0.25, -0.2) is 4.98 Å². The summed E-state index contributed by atoms with van der Waals surface area (Å²) in [5.41, 5.74) is 3.45. The fourth-order valence-corrected chi connectivity index (χ4v) is 1.32. The monoisotopic (exact) mass is 245 g/mol. The molecule has 0 spiro atoms. The maximum absolute atomic E-state index is 12.7. The minimum atomic E-state index is -4.60. The van der Waals surface area contributed by atoms with Gasteiger partial charge in [0.25, 0.3) is 0 Å². The number of hydrogen-bond donors (Lipinski definition) is 2. The molecule has 0 bridgehead atoms. The van der Waals surface area contributed by atoms with E-state index < -0.39 is 23.3 Å². The van der Waals surface area contributed by atoms with Gasteiger partial charge >= 0.3 is 6.18 Å². The molecule has 0 saturated heterocycles. The largest absolute Gasteiger partial charge is 0.489 e. The molecule has 1 aromatic rings. The van der Waals surface area contributed by atoms with Crippen LogP contribution < -0.4 is 10.5 Å². The van der Waals surface area contributed by atoms with Crippen molar-refractivity contribution >= 4 is 5.84 Å². The predicted molar refractivity (Wildman–Crippen MR) is 53.9 cm³/mol. The van der Waals surface area contributed by atoms with Crippen LogP contribution in [0.1, 0.15) is 24.1 Å². The molecule has 1 aromatic heterocycles. The van der Waals surface area contributed by atoms with E-state index >= 15 is 0 Å². The first-order chi connectivity index (χ1) is 7.88. The number of alkyl halides is 3. The highest BCUT2D eigenvalue weighted by Crippen LogP contribution is 2.34. The highest BCUT2D eigenvalue weighted by molar-refractivity contribution is 5.94. The normalized spacial score (nSPS) is 15.7. The average Bonchev–Trinajstić information content (AvgIpc) is 3.00. The number of nitrogens with one attached hydrogen (secondary N) is 1. The van der Waals surface area contributed by atoms with E-state index in [2.05, 4.69) is 4.98 Å². The molecular formula is C10H10F3N3O. The summed E-state index contributed by atoms with van der Waals surface area (Å²) in [5.74, 6) is -0.653. The molecule has 1 fully saturated rings. The number of amidine groups is 1. The lowest BCUT2D eigenvalue weighted by Crippen LogP contribution is -2.20. The zero-order valence-corrected chi connectivity index (χ0v) is 8.71. The zero-order chi connectivity index (χ0) is 12.6. The Morgan fingerprint density at radius 2 is 2.12 bits per heavy atom. The van der Waals surface area contributed by atoms with Crippen LogP contribution in [-0.2, 0) is 6.18 Å². The topological polar surface area (TPSA) is 72.0 Å². The van der Waals surface area contributed by atoms with Crippen molar-refractivity contribution in [3.63, 3.8) is 0 Å². The molecule has 1 heterocycles. The number of pyridine rings is 1. The number of aromatic nitrogens is 1. The fraction of sp³-hybridized carbons (Fsp3) is 0.400. The van der Waals surface area contributed by atoms with Gasteiger partial charge < -0.3 is 10.5 Å². The van der Waals surface area contributed by atoms with Crippen molar-refractivity contribution < 1.29 is 17.9 Å². The number of rotatable bonds is 3. The highest BCUT2D eigenvalue weighted by atomic mass is 19.4. The molecule has 0 aromatic carbocycles. The van der Waals surface area contributed by atoms with Crippen LogP contribution in [0.25, 0.3) is 0 Å². The van der Waals surface area contributed by atoms with Crippen LogP contribution in [0.3, 0.4) is 0 Å². The van der Waals surface area contributed by atoms with E-state index in [1.807, 2.05) is 0 Å². The molecule has 2 rings (SSSR count). The Labute approximate surface area is 95.1 Å². The molecule has 1 aliphatic rings. The van der Waals surface area contributed by atoms with Crippen molar-refractivity contribution in [2.75, 3.05) is 0 Å². The van der Waals surface area contributed by atoms with Crippen LogP contribution in [0.2, 0.25) is 0 Å². The third kappa shape index (κ3) is 2.66. The van der Waals surface area contributed by atoms with Gasteiger partial charge in [0.05, 0.1) is 17.9 Å². The molecule has 0 atom stereocenters. The van der Waals surface area contributed by atoms with Crippen LogP contribution in [0.4, 0.5) is 13.2 Å². The summed E-state index contributed by atoms with van der Waals surface area (Å²) >= 11 is 0. The van der Waals surface area contributed by atoms with Crippen molar-refractivity contribution in [1.82, 2.24) is 4.98 Å². The van der Waals surface area contributed by atoms with Crippen LogP contribution in [-0.4, -0.2) is 16.9 Å². The van der Waals surface area contributed by atoms with Gasteiger partial charge in [-0.3, -0.25) is 5.41 Å². The number of hydrogen-bond acceptors (Lipinski definition) is 3. The number of nitrogens with two attached hydrogens (primary N) is 1. The van der Waals surface area contributed by atoms with Crippen LogP contribution in [0, 0.1) is 5.41 Å². The lowest BCUT2D eigenvalue weighted by atomic mass is 10.1. The fourth-order valence-electron chi connectivity index (χ4n) is 1.32. The second kappa shape index (κ2) is 3.90. The maximum atomic E-state index is 12.7. The molecule has 0 aliphatic heterocycles. The molecule has 0 amide bonds. The van der Waals surface area contributed by atoms with Gasteiger partial charge in [-0.05, 0) is 18.9 Å². The van der Waals surface area contributed by atoms with Crippen molar-refractivity contribution in [2.45, 2.75) is 25.1 Å². The first-order valence-electron chi connectivity index (χ1n) is 4.96. The molecule has 4 nitrogen and oxygen atoms in total. The number of halogens is 3. The van der Waals surface area contributed by atoms with E-state index in [1.54, 1.807) is 0 Å². The third-order valence-corrected chi connectivity index (χ3v) is 2.25. The van der Waals surface area contributed by atoms with Crippen molar-refractivity contribution in [1.29, 1.82) is 5.41 Å². The molecule has 0 unspecified atom stereocenters. The summed E-state index contributed by atoms with van der Waals surface area (Å²) in [6.45, 7) is 0. The molecular weight excluding hydrogens is 235 g/mol. The Morgan fingerprint density at radius 1 is 1.47 bits per heavy atom. The minimum Gasteiger partial charge on any atom is -0.489 e. The van der Waals surface area contributed by atoms with Crippen LogP contribution in [0.15, 0.2) is 12.3 Å². The lowest BCUT2D eigenvalue weighted by molar-refractivity contribution is -0.138. The molecule has 92 valence electrons. The zero-order valence-electron chi connectivity index (χ0n) is 8.71. The Balaban J connectivity index is 2.38. The third-order valence-electron chi connectivity index (χ3n) is 2.25. The van der Waals surface area contributed by atoms with Gasteiger partial charge in [0.2, 0.25) is 0 Å². The standard InChI is InChI=1S/C10H10F3N3O/c11-10(12,13)7-3-6(17-5-1-2-5)4-16-8(7)9(14)15/h3-5H,1-2H2,(H3,14,15). The van der Waals surface area contributed by atoms with E-state index in [-0.39, 0.29) is 11.9 Å². The van der Waals surface area contributed by atoms with Gasteiger partial charge in [0.1, 0.15) is 17.3 Å². The maximum Gasteiger partial charge on any atom is 0.418 e. The van der Waals surface area contributed by atoms with Crippen molar-refractivity contribution in [2.24, 2.45) is 5.73 Å². The van der Waals surface area contributed by atoms with Gasteiger partial charge in [0.15, 0.2) is 0 Å². The Kier molecular flexibility index (Phi) is 2.68. The highest BCUT2D eigenvalue weighted by Gasteiger charge is 2.36. The number of ether oxygens (including phenoxy) is 1. The number of nitrogens with zero attached hydrogens (tertiary/aromatic N) is 1. The summed E-state index contributed by atoms with van der Waals surface area (Å²) < 4.78 is 43.3. The average molecular weight is 245 g/mol. The quantitative estimate of drug-likeness (QED) is 0.631. The van der Waals surface area contributed by atoms with E-state index in [0.29, 0.717) is 0 Å². The van der Waals surface area contributed by atoms with Gasteiger partial charge in [-0.1, -0.05) is 0 Å². The first kappa shape index (κ1) is 11.7. The Morgan fingerprint density at radius 3 is 2.59 bits per heavy atom. The minimum absolute atomic E-state index is 0.0129. The summed E-state index contributed by atoms with van der Waals surface area (Å²) in [6.07, 6.45) is -1.77. The van der Waals surface area contributed by atoms with E-state index in [1.165, 1.54) is 0 Å². The van der Waals surface area contributed by atoms with E-state index in [4.69, 9.17) is 15.9 Å². The molecule has 1 aliphatic carbocycles. The molecule has 1 saturated carbocycles. The van der Waals surface area contributed by atoms with Gasteiger partial charge in [-0.2, -0.15) is 13.2 Å². The second-order valence-corrected chi connectivity index (χ2v) is 3.80. The molecule has 7 heteroatoms. The molecule has 17 heavy (non-hydrogen) atoms. The molecule has 3 N–H and O–H groups in total. The predicted octanol–water partition coefficient (Wildman–Crippen LogP) is 1.93. The van der Waals surface area contributed by atoms with E-state index in [9.17, 15) is 13.2 Å². The second-order valence-electron chi connectivity index (χ2n) is 3.80. The summed E-state index contributed by atoms with van der Waals surface area (Å²) in [6, 6.07) is 0.835. The SMILES string of the molecule is N=C(N)c1ncc(OC2CC2)cc1C(F)(F)F. The van der Waals surface area contributed by atoms with Crippen LogP contribution >= 0.6 is 0 Å².